The fourth-order valence-electron chi connectivity index (χ4n) is 2.36. The van der Waals surface area contributed by atoms with Crippen LogP contribution in [-0.4, -0.2) is 6.16 Å². The van der Waals surface area contributed by atoms with Crippen molar-refractivity contribution >= 4 is 19.8 Å². The van der Waals surface area contributed by atoms with E-state index in [9.17, 15) is 4.57 Å². The highest BCUT2D eigenvalue weighted by atomic mass is 31.1. The van der Waals surface area contributed by atoms with Crippen molar-refractivity contribution < 1.29 is 4.57 Å². The van der Waals surface area contributed by atoms with Crippen LogP contribution < -0.4 is 11.5 Å². The summed E-state index contributed by atoms with van der Waals surface area (Å²) in [6.07, 6.45) is 2.67. The van der Waals surface area contributed by atoms with Gasteiger partial charge < -0.3 is 11.5 Å². The zero-order valence-electron chi connectivity index (χ0n) is 11.4. The Bertz CT molecular complexity index is 506. The van der Waals surface area contributed by atoms with Crippen molar-refractivity contribution in [1.82, 2.24) is 0 Å². The number of hydrogen-bond donors (Lipinski definition) is 2. The van der Waals surface area contributed by atoms with Gasteiger partial charge in [-0.25, -0.2) is 0 Å². The first-order chi connectivity index (χ1) is 9.70. The molecule has 4 heteroatoms. The van der Waals surface area contributed by atoms with E-state index < -0.39 is 0 Å². The molecule has 0 bridgehead atoms. The summed E-state index contributed by atoms with van der Waals surface area (Å²) in [4.78, 5) is 0. The van der Waals surface area contributed by atoms with Crippen LogP contribution >= 0.6 is 8.46 Å². The summed E-state index contributed by atoms with van der Waals surface area (Å²) in [6.45, 7) is 0. The summed E-state index contributed by atoms with van der Waals surface area (Å²) in [5, 5.41) is 0. The Morgan fingerprint density at radius 1 is 0.850 bits per heavy atom. The molecule has 0 aliphatic heterocycles. The Hall–Kier alpha value is -1.86. The van der Waals surface area contributed by atoms with E-state index in [1.807, 2.05) is 24.3 Å². The first kappa shape index (κ1) is 14.5. The maximum Gasteiger partial charge on any atom is 0.324 e. The fraction of sp³-hybridized carbons (Fsp3) is 0.250. The van der Waals surface area contributed by atoms with Crippen LogP contribution in [0.25, 0.3) is 0 Å². The molecule has 2 aromatic carbocycles. The molecule has 0 aliphatic rings. The number of anilines is 2. The first-order valence-electron chi connectivity index (χ1n) is 6.76. The molecule has 1 unspecified atom stereocenters. The third kappa shape index (κ3) is 3.82. The van der Waals surface area contributed by atoms with Crippen LogP contribution in [0.3, 0.4) is 0 Å². The van der Waals surface area contributed by atoms with Crippen molar-refractivity contribution in [1.29, 1.82) is 0 Å². The number of benzene rings is 2. The SMILES string of the molecule is Nc1ccc(C(CCC[PH+]=O)c2ccc(N)cc2)cc1. The largest absolute Gasteiger partial charge is 0.399 e. The Kier molecular flexibility index (Phi) is 5.14. The molecule has 0 radical (unpaired) electrons. The van der Waals surface area contributed by atoms with Crippen molar-refractivity contribution in [3.63, 3.8) is 0 Å². The Morgan fingerprint density at radius 2 is 1.30 bits per heavy atom. The minimum absolute atomic E-state index is 0.221. The van der Waals surface area contributed by atoms with E-state index in [4.69, 9.17) is 11.5 Å². The highest BCUT2D eigenvalue weighted by molar-refractivity contribution is 7.23. The first-order valence-corrected chi connectivity index (χ1v) is 7.88. The molecule has 0 saturated carbocycles. The van der Waals surface area contributed by atoms with Crippen LogP contribution in [0.15, 0.2) is 48.5 Å². The summed E-state index contributed by atoms with van der Waals surface area (Å²) < 4.78 is 10.7. The molecule has 0 fully saturated rings. The maximum atomic E-state index is 10.7. The lowest BCUT2D eigenvalue weighted by Crippen LogP contribution is -2.02. The Morgan fingerprint density at radius 3 is 1.70 bits per heavy atom. The molecule has 0 amide bonds. The summed E-state index contributed by atoms with van der Waals surface area (Å²) in [7, 11) is -0.221. The van der Waals surface area contributed by atoms with Gasteiger partial charge in [0.05, 0.1) is 0 Å². The van der Waals surface area contributed by atoms with Crippen LogP contribution in [0.2, 0.25) is 0 Å². The van der Waals surface area contributed by atoms with E-state index in [1.165, 1.54) is 11.1 Å². The van der Waals surface area contributed by atoms with Crippen molar-refractivity contribution in [3.05, 3.63) is 59.7 Å². The van der Waals surface area contributed by atoms with E-state index >= 15 is 0 Å². The van der Waals surface area contributed by atoms with Gasteiger partial charge in [-0.15, -0.1) is 0 Å². The third-order valence-corrected chi connectivity index (χ3v) is 4.01. The molecule has 2 aromatic rings. The molecule has 3 nitrogen and oxygen atoms in total. The lowest BCUT2D eigenvalue weighted by Gasteiger charge is -2.17. The minimum atomic E-state index is -0.221. The molecule has 0 saturated heterocycles. The molecule has 0 aromatic heterocycles. The van der Waals surface area contributed by atoms with Gasteiger partial charge in [-0.3, -0.25) is 0 Å². The smallest absolute Gasteiger partial charge is 0.324 e. The lowest BCUT2D eigenvalue weighted by molar-refractivity contribution is 0.594. The molecule has 4 N–H and O–H groups in total. The highest BCUT2D eigenvalue weighted by Gasteiger charge is 2.14. The van der Waals surface area contributed by atoms with Gasteiger partial charge in [0.1, 0.15) is 6.16 Å². The van der Waals surface area contributed by atoms with E-state index in [2.05, 4.69) is 24.3 Å². The normalized spacial score (nSPS) is 11.1. The molecule has 0 heterocycles. The molecule has 20 heavy (non-hydrogen) atoms. The summed E-state index contributed by atoms with van der Waals surface area (Å²) in [5.41, 5.74) is 15.5. The van der Waals surface area contributed by atoms with Gasteiger partial charge >= 0.3 is 8.46 Å². The second kappa shape index (κ2) is 7.06. The van der Waals surface area contributed by atoms with Gasteiger partial charge in [0.25, 0.3) is 0 Å². The molecule has 0 aliphatic carbocycles. The quantitative estimate of drug-likeness (QED) is 0.482. The van der Waals surface area contributed by atoms with Gasteiger partial charge in [-0.2, -0.15) is 0 Å². The predicted octanol–water partition coefficient (Wildman–Crippen LogP) is 3.79. The van der Waals surface area contributed by atoms with Crippen LogP contribution in [-0.2, 0) is 4.57 Å². The maximum absolute atomic E-state index is 10.7. The van der Waals surface area contributed by atoms with Crippen LogP contribution in [0.4, 0.5) is 11.4 Å². The number of rotatable bonds is 6. The van der Waals surface area contributed by atoms with E-state index in [0.29, 0.717) is 5.92 Å². The van der Waals surface area contributed by atoms with Crippen molar-refractivity contribution in [3.8, 4) is 0 Å². The van der Waals surface area contributed by atoms with E-state index in [1.54, 1.807) is 0 Å². The lowest BCUT2D eigenvalue weighted by atomic mass is 9.87. The van der Waals surface area contributed by atoms with Gasteiger partial charge in [-0.1, -0.05) is 28.8 Å². The molecule has 1 atom stereocenters. The van der Waals surface area contributed by atoms with Gasteiger partial charge in [0, 0.05) is 17.3 Å². The van der Waals surface area contributed by atoms with Crippen LogP contribution in [0.5, 0.6) is 0 Å². The van der Waals surface area contributed by atoms with Gasteiger partial charge in [0.15, 0.2) is 0 Å². The molecular weight excluding hydrogens is 267 g/mol. The topological polar surface area (TPSA) is 69.1 Å². The zero-order valence-corrected chi connectivity index (χ0v) is 12.4. The third-order valence-electron chi connectivity index (χ3n) is 3.45. The molecule has 0 spiro atoms. The van der Waals surface area contributed by atoms with Crippen LogP contribution in [0, 0.1) is 0 Å². The molecule has 2 rings (SSSR count). The second-order valence-electron chi connectivity index (χ2n) is 4.92. The zero-order chi connectivity index (χ0) is 14.4. The predicted molar refractivity (Wildman–Crippen MR) is 86.7 cm³/mol. The monoisotopic (exact) mass is 287 g/mol. The molecular formula is C16H20N2OP+. The van der Waals surface area contributed by atoms with Gasteiger partial charge in [-0.05, 0) is 48.2 Å². The van der Waals surface area contributed by atoms with Gasteiger partial charge in [0.2, 0.25) is 0 Å². The Labute approximate surface area is 121 Å². The summed E-state index contributed by atoms with van der Waals surface area (Å²) in [6, 6.07) is 16.0. The average molecular weight is 287 g/mol. The number of nitrogens with two attached hydrogens (primary N) is 2. The number of hydrogen-bond acceptors (Lipinski definition) is 3. The van der Waals surface area contributed by atoms with Crippen molar-refractivity contribution in [2.24, 2.45) is 0 Å². The van der Waals surface area contributed by atoms with E-state index in [0.717, 1.165) is 30.4 Å². The average Bonchev–Trinajstić information content (AvgIpc) is 2.46. The fourth-order valence-corrected chi connectivity index (χ4v) is 2.71. The standard InChI is InChI=1S/C16H19N2OP/c17-14-7-3-12(4-8-14)16(2-1-11-20-19)13-5-9-15(18)10-6-13/h3-10,16H,1-2,11,17-18H2/p+1. The second-order valence-corrected chi connectivity index (χ2v) is 5.71. The molecule has 104 valence electrons. The highest BCUT2D eigenvalue weighted by Crippen LogP contribution is 2.30. The summed E-state index contributed by atoms with van der Waals surface area (Å²) in [5.74, 6) is 0.299. The van der Waals surface area contributed by atoms with Crippen LogP contribution in [0.1, 0.15) is 29.9 Å². The minimum Gasteiger partial charge on any atom is -0.399 e. The number of nitrogen functional groups attached to an aromatic ring is 2. The summed E-state index contributed by atoms with van der Waals surface area (Å²) >= 11 is 0. The van der Waals surface area contributed by atoms with E-state index in [-0.39, 0.29) is 8.46 Å². The Balaban J connectivity index is 2.25. The van der Waals surface area contributed by atoms with Crippen molar-refractivity contribution in [2.75, 3.05) is 17.6 Å². The van der Waals surface area contributed by atoms with Crippen molar-refractivity contribution in [2.45, 2.75) is 18.8 Å².